The van der Waals surface area contributed by atoms with Crippen LogP contribution < -0.4 is 19.8 Å². The minimum absolute atomic E-state index is 0.228. The van der Waals surface area contributed by atoms with E-state index in [9.17, 15) is 18.4 Å². The molecule has 2 N–H and O–H groups in total. The maximum atomic E-state index is 12.5. The molecule has 2 amide bonds. The molecule has 9 nitrogen and oxygen atoms in total. The number of rotatable bonds is 7. The number of hydrogen-bond donors (Lipinski definition) is 2. The summed E-state index contributed by atoms with van der Waals surface area (Å²) < 4.78 is 24.6. The van der Waals surface area contributed by atoms with Gasteiger partial charge < -0.3 is 20.1 Å². The van der Waals surface area contributed by atoms with E-state index >= 15 is 0 Å². The zero-order valence-corrected chi connectivity index (χ0v) is 18.4. The molecule has 170 valence electrons. The molecular weight excluding hydrogens is 430 g/mol. The number of anilines is 3. The van der Waals surface area contributed by atoms with Crippen molar-refractivity contribution >= 4 is 40.1 Å². The van der Waals surface area contributed by atoms with E-state index in [1.165, 1.54) is 5.69 Å². The Morgan fingerprint density at radius 3 is 2.62 bits per heavy atom. The summed E-state index contributed by atoms with van der Waals surface area (Å²) in [7, 11) is 0. The van der Waals surface area contributed by atoms with Crippen molar-refractivity contribution in [2.75, 3.05) is 34.2 Å². The normalized spacial score (nSPS) is 19.8. The van der Waals surface area contributed by atoms with Crippen LogP contribution >= 0.6 is 0 Å². The van der Waals surface area contributed by atoms with Crippen LogP contribution in [0.25, 0.3) is 0 Å². The molecule has 1 aromatic heterocycles. The first kappa shape index (κ1) is 22.2. The molecule has 2 aromatic rings. The fraction of sp³-hybridized carbons (Fsp3) is 0.409. The molecule has 0 saturated carbocycles. The van der Waals surface area contributed by atoms with E-state index < -0.39 is 23.2 Å². The van der Waals surface area contributed by atoms with Crippen molar-refractivity contribution in [1.29, 1.82) is 0 Å². The number of pyridine rings is 1. The number of nitrogens with zero attached hydrogens (tertiary/aromatic N) is 3. The lowest BCUT2D eigenvalue weighted by molar-refractivity contribution is -0.125. The van der Waals surface area contributed by atoms with Crippen molar-refractivity contribution in [1.82, 2.24) is 10.3 Å². The Labute approximate surface area is 189 Å². The molecule has 2 aliphatic heterocycles. The van der Waals surface area contributed by atoms with E-state index in [0.29, 0.717) is 23.8 Å². The third kappa shape index (κ3) is 5.08. The molecule has 0 bridgehead atoms. The first-order chi connectivity index (χ1) is 15.5. The number of nitrogens with one attached hydrogen (secondary N) is 2. The Balaban J connectivity index is 1.25. The Morgan fingerprint density at radius 1 is 1.19 bits per heavy atom. The zero-order chi connectivity index (χ0) is 22.5. The van der Waals surface area contributed by atoms with Gasteiger partial charge in [-0.25, -0.2) is 0 Å². The summed E-state index contributed by atoms with van der Waals surface area (Å²) in [4.78, 5) is 31.3. The van der Waals surface area contributed by atoms with Gasteiger partial charge in [0, 0.05) is 49.0 Å². The molecule has 0 spiro atoms. The van der Waals surface area contributed by atoms with Crippen molar-refractivity contribution in [2.24, 2.45) is 5.92 Å². The molecule has 1 fully saturated rings. The lowest BCUT2D eigenvalue weighted by atomic mass is 9.93. The van der Waals surface area contributed by atoms with Crippen molar-refractivity contribution in [3.8, 4) is 0 Å². The van der Waals surface area contributed by atoms with Crippen LogP contribution in [-0.4, -0.2) is 51.2 Å². The van der Waals surface area contributed by atoms with E-state index in [1.54, 1.807) is 36.7 Å². The van der Waals surface area contributed by atoms with E-state index in [2.05, 4.69) is 20.5 Å². The van der Waals surface area contributed by atoms with Crippen molar-refractivity contribution in [2.45, 2.75) is 31.7 Å². The molecule has 2 unspecified atom stereocenters. The van der Waals surface area contributed by atoms with E-state index in [-0.39, 0.29) is 12.3 Å². The van der Waals surface area contributed by atoms with Crippen LogP contribution in [0.3, 0.4) is 0 Å². The van der Waals surface area contributed by atoms with Gasteiger partial charge in [-0.2, -0.15) is 0 Å². The van der Waals surface area contributed by atoms with Gasteiger partial charge in [0.15, 0.2) is 0 Å². The van der Waals surface area contributed by atoms with Crippen LogP contribution in [0, 0.1) is 5.92 Å². The van der Waals surface area contributed by atoms with E-state index in [0.717, 1.165) is 36.7 Å². The average molecular weight is 457 g/mol. The first-order valence-corrected chi connectivity index (χ1v) is 11.8. The number of para-hydroxylation sites is 2. The number of amides is 2. The van der Waals surface area contributed by atoms with Gasteiger partial charge in [0.25, 0.3) is 0 Å². The van der Waals surface area contributed by atoms with E-state index in [1.807, 2.05) is 12.1 Å². The summed E-state index contributed by atoms with van der Waals surface area (Å²) in [6, 6.07) is 9.55. The first-order valence-electron chi connectivity index (χ1n) is 10.7. The molecule has 32 heavy (non-hydrogen) atoms. The molecule has 4 rings (SSSR count). The lowest BCUT2D eigenvalue weighted by Gasteiger charge is -2.38. The quantitative estimate of drug-likeness (QED) is 0.614. The molecule has 0 aliphatic carbocycles. The second-order valence-electron chi connectivity index (χ2n) is 8.04. The highest BCUT2D eigenvalue weighted by molar-refractivity contribution is 7.80. The molecule has 2 atom stereocenters. The van der Waals surface area contributed by atoms with Crippen LogP contribution in [0.15, 0.2) is 48.8 Å². The maximum Gasteiger partial charge on any atom is 0.248 e. The van der Waals surface area contributed by atoms with Gasteiger partial charge in [-0.1, -0.05) is 12.1 Å². The standard InChI is InChI=1S/C22H27N5O4S/c28-21(15-20-22(29)25-18-3-1-2-4-19(18)27(20)32(30)31)24-12-5-16-8-13-26(14-9-16)17-6-10-23-11-7-17/h1-4,6-7,10-11,16,20H,5,8-9,12-15H2,(H,24,28)(H,25,29)(H,30,31)/p-1. The molecule has 10 heteroatoms. The fourth-order valence-electron chi connectivity index (χ4n) is 4.32. The highest BCUT2D eigenvalue weighted by Crippen LogP contribution is 2.33. The van der Waals surface area contributed by atoms with Gasteiger partial charge in [-0.3, -0.25) is 23.1 Å². The number of carbonyl (C=O) groups is 2. The Kier molecular flexibility index (Phi) is 7.01. The SMILES string of the molecule is O=C(CC1C(=O)Nc2ccccc2N1S(=O)[O-])NCCC1CCN(c2ccncc2)CC1. The average Bonchev–Trinajstić information content (AvgIpc) is 2.80. The third-order valence-electron chi connectivity index (χ3n) is 6.04. The summed E-state index contributed by atoms with van der Waals surface area (Å²) in [5.74, 6) is -0.329. The molecular formula is C22H26N5O4S-. The number of hydrogen-bond acceptors (Lipinski definition) is 6. The summed E-state index contributed by atoms with van der Waals surface area (Å²) >= 11 is -2.68. The number of fused-ring (bicyclic) bond motifs is 1. The molecule has 2 aliphatic rings. The van der Waals surface area contributed by atoms with Gasteiger partial charge in [-0.05, 0) is 49.4 Å². The van der Waals surface area contributed by atoms with Crippen LogP contribution in [0.5, 0.6) is 0 Å². The van der Waals surface area contributed by atoms with E-state index in [4.69, 9.17) is 0 Å². The van der Waals surface area contributed by atoms with Gasteiger partial charge in [0.05, 0.1) is 17.8 Å². The summed E-state index contributed by atoms with van der Waals surface area (Å²) in [6.07, 6.45) is 6.31. The summed E-state index contributed by atoms with van der Waals surface area (Å²) in [5, 5.41) is 5.54. The molecule has 1 saturated heterocycles. The van der Waals surface area contributed by atoms with Gasteiger partial charge in [-0.15, -0.1) is 0 Å². The van der Waals surface area contributed by atoms with Crippen molar-refractivity contribution in [3.63, 3.8) is 0 Å². The highest BCUT2D eigenvalue weighted by atomic mass is 32.2. The Morgan fingerprint density at radius 2 is 1.91 bits per heavy atom. The second-order valence-corrected chi connectivity index (χ2v) is 8.87. The molecule has 0 radical (unpaired) electrons. The topological polar surface area (TPSA) is 118 Å². The van der Waals surface area contributed by atoms with Crippen LogP contribution in [0.1, 0.15) is 25.7 Å². The largest absolute Gasteiger partial charge is 0.755 e. The van der Waals surface area contributed by atoms with Gasteiger partial charge >= 0.3 is 0 Å². The minimum atomic E-state index is -2.68. The smallest absolute Gasteiger partial charge is 0.248 e. The second kappa shape index (κ2) is 10.1. The van der Waals surface area contributed by atoms with Crippen LogP contribution in [-0.2, 0) is 20.9 Å². The Bertz CT molecular complexity index is 981. The number of benzene rings is 1. The van der Waals surface area contributed by atoms with Crippen molar-refractivity contribution in [3.05, 3.63) is 48.8 Å². The predicted octanol–water partition coefficient (Wildman–Crippen LogP) is 1.82. The van der Waals surface area contributed by atoms with Gasteiger partial charge in [0.2, 0.25) is 11.8 Å². The number of aromatic nitrogens is 1. The summed E-state index contributed by atoms with van der Waals surface area (Å²) in [6.45, 7) is 2.44. The number of piperidine rings is 1. The molecule has 1 aromatic carbocycles. The third-order valence-corrected chi connectivity index (χ3v) is 6.81. The Hall–Kier alpha value is -2.98. The highest BCUT2D eigenvalue weighted by Gasteiger charge is 2.35. The maximum absolute atomic E-state index is 12.5. The van der Waals surface area contributed by atoms with Crippen LogP contribution in [0.4, 0.5) is 17.1 Å². The summed E-state index contributed by atoms with van der Waals surface area (Å²) in [5.41, 5.74) is 1.95. The zero-order valence-electron chi connectivity index (χ0n) is 17.6. The molecule has 3 heterocycles. The minimum Gasteiger partial charge on any atom is -0.755 e. The predicted molar refractivity (Wildman–Crippen MR) is 122 cm³/mol. The van der Waals surface area contributed by atoms with Crippen LogP contribution in [0.2, 0.25) is 0 Å². The van der Waals surface area contributed by atoms with Crippen molar-refractivity contribution < 1.29 is 18.4 Å². The fourth-order valence-corrected chi connectivity index (χ4v) is 5.02. The van der Waals surface area contributed by atoms with Gasteiger partial charge in [0.1, 0.15) is 6.04 Å². The number of carbonyl (C=O) groups excluding carboxylic acids is 2. The lowest BCUT2D eigenvalue weighted by Crippen LogP contribution is -2.51. The monoisotopic (exact) mass is 456 g/mol.